The van der Waals surface area contributed by atoms with Gasteiger partial charge in [0, 0.05) is 24.4 Å². The predicted molar refractivity (Wildman–Crippen MR) is 85.3 cm³/mol. The lowest BCUT2D eigenvalue weighted by Crippen LogP contribution is -2.38. The number of nitrogens with zero attached hydrogens (tertiary/aromatic N) is 2. The van der Waals surface area contributed by atoms with E-state index in [4.69, 9.17) is 4.98 Å². The Balaban J connectivity index is 2.01. The van der Waals surface area contributed by atoms with Crippen LogP contribution in [0.5, 0.6) is 0 Å². The second-order valence-electron chi connectivity index (χ2n) is 6.92. The number of aliphatic hydroxyl groups excluding tert-OH is 1. The average molecular weight is 296 g/mol. The van der Waals surface area contributed by atoms with Crippen molar-refractivity contribution < 1.29 is 5.11 Å². The highest BCUT2D eigenvalue weighted by Crippen LogP contribution is 2.30. The Morgan fingerprint density at radius 2 is 2.10 bits per heavy atom. The summed E-state index contributed by atoms with van der Waals surface area (Å²) >= 11 is 1.69. The SMILES string of the molecule is CC1CCCCN1CCc1nc(C(C)(C)C)c(CO)s1. The second-order valence-corrected chi connectivity index (χ2v) is 8.09. The topological polar surface area (TPSA) is 36.4 Å². The van der Waals surface area contributed by atoms with E-state index in [0.717, 1.165) is 23.5 Å². The molecular weight excluding hydrogens is 268 g/mol. The van der Waals surface area contributed by atoms with Gasteiger partial charge in [-0.1, -0.05) is 27.2 Å². The quantitative estimate of drug-likeness (QED) is 0.925. The lowest BCUT2D eigenvalue weighted by atomic mass is 9.91. The molecule has 1 unspecified atom stereocenters. The van der Waals surface area contributed by atoms with Crippen LogP contribution in [0.15, 0.2) is 0 Å². The summed E-state index contributed by atoms with van der Waals surface area (Å²) in [7, 11) is 0. The minimum atomic E-state index is 0.0191. The predicted octanol–water partition coefficient (Wildman–Crippen LogP) is 3.35. The minimum Gasteiger partial charge on any atom is -0.391 e. The first-order valence-corrected chi connectivity index (χ1v) is 8.57. The number of aromatic nitrogens is 1. The van der Waals surface area contributed by atoms with Crippen LogP contribution in [0, 0.1) is 0 Å². The van der Waals surface area contributed by atoms with E-state index >= 15 is 0 Å². The van der Waals surface area contributed by atoms with Crippen molar-refractivity contribution in [2.45, 2.75) is 71.4 Å². The summed E-state index contributed by atoms with van der Waals surface area (Å²) in [5, 5.41) is 10.7. The standard InChI is InChI=1S/C16H28N2OS/c1-12-7-5-6-9-18(12)10-8-14-17-15(16(2,3)4)13(11-19)20-14/h12,19H,5-11H2,1-4H3. The van der Waals surface area contributed by atoms with Crippen LogP contribution in [-0.4, -0.2) is 34.1 Å². The number of hydrogen-bond donors (Lipinski definition) is 1. The van der Waals surface area contributed by atoms with Gasteiger partial charge in [0.15, 0.2) is 0 Å². The third kappa shape index (κ3) is 3.80. The van der Waals surface area contributed by atoms with Gasteiger partial charge in [-0.05, 0) is 26.3 Å². The van der Waals surface area contributed by atoms with Gasteiger partial charge in [-0.2, -0.15) is 0 Å². The van der Waals surface area contributed by atoms with Crippen molar-refractivity contribution in [3.05, 3.63) is 15.6 Å². The molecule has 2 heterocycles. The molecule has 3 nitrogen and oxygen atoms in total. The van der Waals surface area contributed by atoms with Gasteiger partial charge in [-0.3, -0.25) is 0 Å². The van der Waals surface area contributed by atoms with Crippen molar-refractivity contribution in [3.8, 4) is 0 Å². The number of aliphatic hydroxyl groups is 1. The van der Waals surface area contributed by atoms with Crippen molar-refractivity contribution in [3.63, 3.8) is 0 Å². The zero-order chi connectivity index (χ0) is 14.8. The summed E-state index contributed by atoms with van der Waals surface area (Å²) in [6.07, 6.45) is 5.04. The van der Waals surface area contributed by atoms with E-state index in [1.54, 1.807) is 11.3 Å². The third-order valence-corrected chi connectivity index (χ3v) is 5.25. The summed E-state index contributed by atoms with van der Waals surface area (Å²) in [5.41, 5.74) is 1.09. The Morgan fingerprint density at radius 1 is 1.35 bits per heavy atom. The largest absolute Gasteiger partial charge is 0.391 e. The highest BCUT2D eigenvalue weighted by Gasteiger charge is 2.23. The van der Waals surface area contributed by atoms with Crippen molar-refractivity contribution in [1.29, 1.82) is 0 Å². The van der Waals surface area contributed by atoms with E-state index in [9.17, 15) is 5.11 Å². The molecule has 4 heteroatoms. The molecule has 1 saturated heterocycles. The van der Waals surface area contributed by atoms with Gasteiger partial charge in [-0.25, -0.2) is 4.98 Å². The van der Waals surface area contributed by atoms with Crippen LogP contribution in [0.3, 0.4) is 0 Å². The van der Waals surface area contributed by atoms with Crippen molar-refractivity contribution in [2.24, 2.45) is 0 Å². The fraction of sp³-hybridized carbons (Fsp3) is 0.812. The van der Waals surface area contributed by atoms with Crippen LogP contribution in [-0.2, 0) is 18.4 Å². The molecule has 1 aromatic rings. The Kier molecular flexibility index (Phi) is 5.21. The molecule has 0 saturated carbocycles. The van der Waals surface area contributed by atoms with E-state index in [2.05, 4.69) is 32.6 Å². The lowest BCUT2D eigenvalue weighted by molar-refractivity contribution is 0.163. The maximum Gasteiger partial charge on any atom is 0.0945 e. The summed E-state index contributed by atoms with van der Waals surface area (Å²) < 4.78 is 0. The highest BCUT2D eigenvalue weighted by atomic mass is 32.1. The van der Waals surface area contributed by atoms with E-state index < -0.39 is 0 Å². The van der Waals surface area contributed by atoms with Crippen molar-refractivity contribution in [1.82, 2.24) is 9.88 Å². The molecule has 0 aromatic carbocycles. The number of rotatable bonds is 4. The smallest absolute Gasteiger partial charge is 0.0945 e. The molecule has 0 spiro atoms. The lowest BCUT2D eigenvalue weighted by Gasteiger charge is -2.33. The van der Waals surface area contributed by atoms with Crippen molar-refractivity contribution >= 4 is 11.3 Å². The van der Waals surface area contributed by atoms with Crippen LogP contribution in [0.2, 0.25) is 0 Å². The number of likely N-dealkylation sites (tertiary alicyclic amines) is 1. The van der Waals surface area contributed by atoms with Crippen LogP contribution >= 0.6 is 11.3 Å². The number of thiazole rings is 1. The number of hydrogen-bond acceptors (Lipinski definition) is 4. The molecule has 0 radical (unpaired) electrons. The molecule has 0 bridgehead atoms. The van der Waals surface area contributed by atoms with Crippen LogP contribution in [0.1, 0.15) is 62.5 Å². The molecule has 2 rings (SSSR count). The van der Waals surface area contributed by atoms with E-state index in [1.807, 2.05) is 0 Å². The average Bonchev–Trinajstić information content (AvgIpc) is 2.81. The molecule has 1 fully saturated rings. The van der Waals surface area contributed by atoms with Gasteiger partial charge < -0.3 is 10.0 Å². The molecule has 20 heavy (non-hydrogen) atoms. The van der Waals surface area contributed by atoms with Gasteiger partial charge in [0.05, 0.1) is 22.2 Å². The van der Waals surface area contributed by atoms with Crippen LogP contribution in [0.4, 0.5) is 0 Å². The minimum absolute atomic E-state index is 0.0191. The van der Waals surface area contributed by atoms with Crippen LogP contribution < -0.4 is 0 Å². The van der Waals surface area contributed by atoms with Gasteiger partial charge >= 0.3 is 0 Å². The zero-order valence-electron chi connectivity index (χ0n) is 13.3. The maximum atomic E-state index is 9.51. The molecule has 1 aliphatic heterocycles. The first-order chi connectivity index (χ1) is 9.41. The molecule has 1 N–H and O–H groups in total. The monoisotopic (exact) mass is 296 g/mol. The Hall–Kier alpha value is -0.450. The third-order valence-electron chi connectivity index (χ3n) is 4.15. The van der Waals surface area contributed by atoms with E-state index in [0.29, 0.717) is 6.04 Å². The highest BCUT2D eigenvalue weighted by molar-refractivity contribution is 7.11. The molecule has 114 valence electrons. The first kappa shape index (κ1) is 15.9. The summed E-state index contributed by atoms with van der Waals surface area (Å²) in [6.45, 7) is 11.3. The van der Waals surface area contributed by atoms with E-state index in [1.165, 1.54) is 30.8 Å². The Labute approximate surface area is 127 Å². The Bertz CT molecular complexity index is 436. The van der Waals surface area contributed by atoms with Crippen molar-refractivity contribution in [2.75, 3.05) is 13.1 Å². The molecule has 1 aromatic heterocycles. The van der Waals surface area contributed by atoms with E-state index in [-0.39, 0.29) is 12.0 Å². The molecule has 1 aliphatic rings. The summed E-state index contributed by atoms with van der Waals surface area (Å²) in [6, 6.07) is 0.711. The molecule has 0 aliphatic carbocycles. The normalized spacial score (nSPS) is 21.4. The summed E-state index contributed by atoms with van der Waals surface area (Å²) in [5.74, 6) is 0. The number of piperidine rings is 1. The van der Waals surface area contributed by atoms with Gasteiger partial charge in [0.1, 0.15) is 0 Å². The maximum absolute atomic E-state index is 9.51. The molecular formula is C16H28N2OS. The first-order valence-electron chi connectivity index (χ1n) is 7.76. The van der Waals surface area contributed by atoms with Gasteiger partial charge in [0.2, 0.25) is 0 Å². The zero-order valence-corrected chi connectivity index (χ0v) is 14.1. The molecule has 0 amide bonds. The van der Waals surface area contributed by atoms with Crippen LogP contribution in [0.25, 0.3) is 0 Å². The Morgan fingerprint density at radius 3 is 2.65 bits per heavy atom. The fourth-order valence-electron chi connectivity index (χ4n) is 2.93. The second kappa shape index (κ2) is 6.54. The van der Waals surface area contributed by atoms with Gasteiger partial charge in [0.25, 0.3) is 0 Å². The molecule has 1 atom stereocenters. The van der Waals surface area contributed by atoms with Gasteiger partial charge in [-0.15, -0.1) is 11.3 Å². The fourth-order valence-corrected chi connectivity index (χ4v) is 4.06. The summed E-state index contributed by atoms with van der Waals surface area (Å²) in [4.78, 5) is 8.42.